The number of methoxy groups -OCH3 is 1. The van der Waals surface area contributed by atoms with E-state index in [1.807, 2.05) is 13.8 Å². The smallest absolute Gasteiger partial charge is 0.496 e. The molecule has 0 atom stereocenters. The van der Waals surface area contributed by atoms with Crippen molar-refractivity contribution in [2.75, 3.05) is 18.6 Å². The van der Waals surface area contributed by atoms with Crippen molar-refractivity contribution in [3.63, 3.8) is 0 Å². The van der Waals surface area contributed by atoms with Crippen LogP contribution in [0.2, 0.25) is 0 Å². The summed E-state index contributed by atoms with van der Waals surface area (Å²) in [6, 6.07) is 23.7. The minimum Gasteiger partial charge on any atom is -0.496 e. The number of halogens is 4. The predicted octanol–water partition coefficient (Wildman–Crippen LogP) is 7.95. The van der Waals surface area contributed by atoms with Gasteiger partial charge in [-0.25, -0.2) is 14.1 Å². The lowest BCUT2D eigenvalue weighted by atomic mass is 10.0. The van der Waals surface area contributed by atoms with E-state index in [2.05, 4.69) is 14.8 Å². The molecule has 0 spiro atoms. The number of anilines is 1. The van der Waals surface area contributed by atoms with Gasteiger partial charge in [0.1, 0.15) is 23.6 Å². The molecule has 0 fully saturated rings. The molecule has 0 bridgehead atoms. The number of para-hydroxylation sites is 1. The SMILES string of the molecule is COc1ccccc1-c1cc(C(=O)N(CC(C)C)c2ccc(-c3ncn(-c4ccc(OC(F)(F)F)cc4)n3)cc2)ccc1F. The Morgan fingerprint density at radius 2 is 1.64 bits per heavy atom. The largest absolute Gasteiger partial charge is 0.573 e. The third-order valence-corrected chi connectivity index (χ3v) is 6.67. The van der Waals surface area contributed by atoms with Gasteiger partial charge in [0.15, 0.2) is 5.82 Å². The quantitative estimate of drug-likeness (QED) is 0.160. The Morgan fingerprint density at radius 3 is 2.30 bits per heavy atom. The van der Waals surface area contributed by atoms with E-state index in [9.17, 15) is 22.4 Å². The second-order valence-corrected chi connectivity index (χ2v) is 10.3. The number of alkyl halides is 3. The van der Waals surface area contributed by atoms with Gasteiger partial charge in [0.05, 0.1) is 12.8 Å². The fourth-order valence-corrected chi connectivity index (χ4v) is 4.67. The van der Waals surface area contributed by atoms with Gasteiger partial charge in [-0.15, -0.1) is 18.3 Å². The third-order valence-electron chi connectivity index (χ3n) is 6.67. The molecule has 1 amide bonds. The minimum atomic E-state index is -4.78. The van der Waals surface area contributed by atoms with Crippen molar-refractivity contribution >= 4 is 11.6 Å². The van der Waals surface area contributed by atoms with Crippen LogP contribution in [0.3, 0.4) is 0 Å². The maximum absolute atomic E-state index is 14.9. The molecule has 7 nitrogen and oxygen atoms in total. The molecule has 1 heterocycles. The Bertz CT molecular complexity index is 1750. The molecule has 44 heavy (non-hydrogen) atoms. The van der Waals surface area contributed by atoms with Crippen LogP contribution in [0.4, 0.5) is 23.2 Å². The molecule has 226 valence electrons. The number of benzene rings is 4. The van der Waals surface area contributed by atoms with Gasteiger partial charge in [-0.05, 0) is 78.7 Å². The molecule has 0 unspecified atom stereocenters. The van der Waals surface area contributed by atoms with Crippen molar-refractivity contribution in [2.45, 2.75) is 20.2 Å². The average molecular weight is 605 g/mol. The lowest BCUT2D eigenvalue weighted by Crippen LogP contribution is -2.34. The second-order valence-electron chi connectivity index (χ2n) is 10.3. The van der Waals surface area contributed by atoms with Crippen molar-refractivity contribution in [2.24, 2.45) is 5.92 Å². The van der Waals surface area contributed by atoms with Crippen LogP contribution in [0, 0.1) is 11.7 Å². The summed E-state index contributed by atoms with van der Waals surface area (Å²) in [5, 5.41) is 4.44. The Morgan fingerprint density at radius 1 is 0.932 bits per heavy atom. The van der Waals surface area contributed by atoms with Crippen LogP contribution in [-0.2, 0) is 0 Å². The number of carbonyl (C=O) groups is 1. The summed E-state index contributed by atoms with van der Waals surface area (Å²) in [6.45, 7) is 4.41. The molecule has 0 aliphatic rings. The van der Waals surface area contributed by atoms with Crippen LogP contribution in [0.5, 0.6) is 11.5 Å². The summed E-state index contributed by atoms with van der Waals surface area (Å²) >= 11 is 0. The molecule has 1 aromatic heterocycles. The number of hydrogen-bond acceptors (Lipinski definition) is 5. The number of aromatic nitrogens is 3. The van der Waals surface area contributed by atoms with E-state index >= 15 is 0 Å². The fourth-order valence-electron chi connectivity index (χ4n) is 4.67. The zero-order chi connectivity index (χ0) is 31.4. The number of nitrogens with zero attached hydrogens (tertiary/aromatic N) is 4. The number of rotatable bonds is 9. The average Bonchev–Trinajstić information content (AvgIpc) is 3.50. The highest BCUT2D eigenvalue weighted by Gasteiger charge is 2.31. The molecule has 0 saturated heterocycles. The van der Waals surface area contributed by atoms with Crippen LogP contribution in [0.1, 0.15) is 24.2 Å². The molecule has 5 rings (SSSR count). The van der Waals surface area contributed by atoms with Crippen molar-refractivity contribution < 1.29 is 31.8 Å². The lowest BCUT2D eigenvalue weighted by molar-refractivity contribution is -0.274. The maximum Gasteiger partial charge on any atom is 0.573 e. The van der Waals surface area contributed by atoms with Crippen molar-refractivity contribution in [3.05, 3.63) is 109 Å². The Labute approximate surface area is 251 Å². The van der Waals surface area contributed by atoms with E-state index in [-0.39, 0.29) is 23.1 Å². The molecule has 0 radical (unpaired) electrons. The first-order valence-corrected chi connectivity index (χ1v) is 13.7. The minimum absolute atomic E-state index is 0.137. The van der Waals surface area contributed by atoms with Crippen LogP contribution in [0.15, 0.2) is 97.3 Å². The standard InChI is InChI=1S/C33H28F4N4O3/c1-21(2)19-40(32(42)23-10-17-29(34)28(18-23)27-6-4-5-7-30(27)43-3)24-11-8-22(9-12-24)31-38-20-41(39-31)25-13-15-26(16-14-25)44-33(35,36)37/h4-18,20-21H,19H2,1-3H3. The summed E-state index contributed by atoms with van der Waals surface area (Å²) in [4.78, 5) is 19.8. The molecule has 0 aliphatic heterocycles. The predicted molar refractivity (Wildman–Crippen MR) is 158 cm³/mol. The molecule has 4 aromatic carbocycles. The van der Waals surface area contributed by atoms with Gasteiger partial charge in [0.25, 0.3) is 5.91 Å². The van der Waals surface area contributed by atoms with Crippen LogP contribution < -0.4 is 14.4 Å². The maximum atomic E-state index is 14.9. The van der Waals surface area contributed by atoms with Crippen molar-refractivity contribution in [1.29, 1.82) is 0 Å². The highest BCUT2D eigenvalue weighted by Crippen LogP contribution is 2.33. The first-order chi connectivity index (χ1) is 21.0. The molecule has 0 N–H and O–H groups in total. The monoisotopic (exact) mass is 604 g/mol. The lowest BCUT2D eigenvalue weighted by Gasteiger charge is -2.25. The second kappa shape index (κ2) is 12.6. The zero-order valence-corrected chi connectivity index (χ0v) is 24.0. The topological polar surface area (TPSA) is 69.5 Å². The Hall–Kier alpha value is -5.19. The Balaban J connectivity index is 1.39. The van der Waals surface area contributed by atoms with Gasteiger partial charge in [-0.2, -0.15) is 0 Å². The normalized spacial score (nSPS) is 11.5. The molecule has 5 aromatic rings. The number of amides is 1. The fraction of sp³-hybridized carbons (Fsp3) is 0.182. The van der Waals surface area contributed by atoms with E-state index in [1.165, 1.54) is 60.6 Å². The van der Waals surface area contributed by atoms with Gasteiger partial charge in [-0.3, -0.25) is 4.79 Å². The Kier molecular flexibility index (Phi) is 8.66. The van der Waals surface area contributed by atoms with Gasteiger partial charge in [0, 0.05) is 34.5 Å². The van der Waals surface area contributed by atoms with Crippen molar-refractivity contribution in [1.82, 2.24) is 14.8 Å². The highest BCUT2D eigenvalue weighted by molar-refractivity contribution is 6.07. The number of ether oxygens (including phenoxy) is 2. The van der Waals surface area contributed by atoms with Crippen LogP contribution in [-0.4, -0.2) is 40.7 Å². The molecule has 11 heteroatoms. The van der Waals surface area contributed by atoms with Gasteiger partial charge in [-0.1, -0.05) is 32.0 Å². The molecular formula is C33H28F4N4O3. The first-order valence-electron chi connectivity index (χ1n) is 13.7. The van der Waals surface area contributed by atoms with Gasteiger partial charge in [0.2, 0.25) is 0 Å². The van der Waals surface area contributed by atoms with E-state index in [1.54, 1.807) is 53.4 Å². The van der Waals surface area contributed by atoms with Crippen LogP contribution >= 0.6 is 0 Å². The zero-order valence-electron chi connectivity index (χ0n) is 24.0. The summed E-state index contributed by atoms with van der Waals surface area (Å²) in [6.07, 6.45) is -3.33. The number of hydrogen-bond donors (Lipinski definition) is 0. The van der Waals surface area contributed by atoms with E-state index in [0.717, 1.165) is 0 Å². The molecular weight excluding hydrogens is 576 g/mol. The van der Waals surface area contributed by atoms with E-state index in [4.69, 9.17) is 4.74 Å². The summed E-state index contributed by atoms with van der Waals surface area (Å²) in [5.41, 5.74) is 2.92. The van der Waals surface area contributed by atoms with E-state index < -0.39 is 12.2 Å². The first kappa shape index (κ1) is 30.3. The molecule has 0 saturated carbocycles. The highest BCUT2D eigenvalue weighted by atomic mass is 19.4. The summed E-state index contributed by atoms with van der Waals surface area (Å²) < 4.78 is 63.0. The van der Waals surface area contributed by atoms with E-state index in [0.29, 0.717) is 46.2 Å². The third kappa shape index (κ3) is 6.88. The van der Waals surface area contributed by atoms with Gasteiger partial charge >= 0.3 is 6.36 Å². The molecule has 0 aliphatic carbocycles. The van der Waals surface area contributed by atoms with Crippen molar-refractivity contribution in [3.8, 4) is 39.7 Å². The summed E-state index contributed by atoms with van der Waals surface area (Å²) in [7, 11) is 1.51. The summed E-state index contributed by atoms with van der Waals surface area (Å²) in [5.74, 6) is -0.0817. The number of carbonyl (C=O) groups excluding carboxylic acids is 1. The van der Waals surface area contributed by atoms with Gasteiger partial charge < -0.3 is 14.4 Å². The van der Waals surface area contributed by atoms with Crippen LogP contribution in [0.25, 0.3) is 28.2 Å².